The molecule has 0 aromatic carbocycles. The molecule has 0 bridgehead atoms. The molecular formula is C12H23N3O4. The van der Waals surface area contributed by atoms with Crippen LogP contribution in [0.5, 0.6) is 0 Å². The summed E-state index contributed by atoms with van der Waals surface area (Å²) in [7, 11) is 1.56. The Morgan fingerprint density at radius 3 is 2.79 bits per heavy atom. The second-order valence-corrected chi connectivity index (χ2v) is 5.02. The second-order valence-electron chi connectivity index (χ2n) is 5.02. The number of hydrogen-bond donors (Lipinski definition) is 3. The molecule has 7 heteroatoms. The van der Waals surface area contributed by atoms with E-state index >= 15 is 0 Å². The van der Waals surface area contributed by atoms with Crippen molar-refractivity contribution in [1.82, 2.24) is 10.6 Å². The topological polar surface area (TPSA) is 103 Å². The van der Waals surface area contributed by atoms with Crippen molar-refractivity contribution in [3.05, 3.63) is 0 Å². The van der Waals surface area contributed by atoms with E-state index in [2.05, 4.69) is 10.6 Å². The number of amides is 2. The van der Waals surface area contributed by atoms with Gasteiger partial charge in [-0.25, -0.2) is 0 Å². The maximum Gasteiger partial charge on any atom is 0.242 e. The van der Waals surface area contributed by atoms with Gasteiger partial charge in [-0.2, -0.15) is 0 Å². The van der Waals surface area contributed by atoms with Gasteiger partial charge in [-0.3, -0.25) is 9.59 Å². The Hall–Kier alpha value is -1.18. The smallest absolute Gasteiger partial charge is 0.242 e. The molecule has 0 aliphatic carbocycles. The number of carbonyl (C=O) groups is 2. The highest BCUT2D eigenvalue weighted by atomic mass is 16.5. The van der Waals surface area contributed by atoms with Crippen molar-refractivity contribution in [1.29, 1.82) is 0 Å². The Balaban J connectivity index is 2.45. The maximum absolute atomic E-state index is 12.1. The molecule has 110 valence electrons. The number of nitrogens with one attached hydrogen (secondary N) is 2. The van der Waals surface area contributed by atoms with Crippen LogP contribution in [0.3, 0.4) is 0 Å². The zero-order chi connectivity index (χ0) is 14.5. The first-order chi connectivity index (χ1) is 8.91. The molecule has 2 amide bonds. The third kappa shape index (κ3) is 3.89. The summed E-state index contributed by atoms with van der Waals surface area (Å²) in [4.78, 5) is 23.9. The molecular weight excluding hydrogens is 250 g/mol. The third-order valence-corrected chi connectivity index (χ3v) is 3.38. The third-order valence-electron chi connectivity index (χ3n) is 3.38. The molecule has 0 aromatic rings. The Morgan fingerprint density at radius 1 is 1.58 bits per heavy atom. The number of ether oxygens (including phenoxy) is 2. The molecule has 1 saturated heterocycles. The largest absolute Gasteiger partial charge is 0.383 e. The first-order valence-electron chi connectivity index (χ1n) is 6.32. The number of methoxy groups -OCH3 is 1. The van der Waals surface area contributed by atoms with Crippen molar-refractivity contribution >= 4 is 11.8 Å². The highest BCUT2D eigenvalue weighted by Crippen LogP contribution is 2.27. The molecule has 1 aliphatic heterocycles. The lowest BCUT2D eigenvalue weighted by Crippen LogP contribution is -2.55. The van der Waals surface area contributed by atoms with Crippen molar-refractivity contribution in [2.45, 2.75) is 25.9 Å². The van der Waals surface area contributed by atoms with Crippen LogP contribution in [0.15, 0.2) is 0 Å². The van der Waals surface area contributed by atoms with Gasteiger partial charge in [0, 0.05) is 19.7 Å². The average molecular weight is 273 g/mol. The second kappa shape index (κ2) is 6.83. The zero-order valence-electron chi connectivity index (χ0n) is 11.7. The fraction of sp³-hybridized carbons (Fsp3) is 0.833. The standard InChI is InChI=1S/C12H23N3O4/c1-8(10(16)14-4-5-18-3)15-11(17)12(2)7-19-6-9(12)13/h8-9H,4-7,13H2,1-3H3,(H,14,16)(H,15,17). The predicted molar refractivity (Wildman–Crippen MR) is 69.4 cm³/mol. The fourth-order valence-corrected chi connectivity index (χ4v) is 1.78. The van der Waals surface area contributed by atoms with Crippen LogP contribution in [0.1, 0.15) is 13.8 Å². The van der Waals surface area contributed by atoms with Crippen molar-refractivity contribution in [2.75, 3.05) is 33.5 Å². The van der Waals surface area contributed by atoms with Crippen LogP contribution in [0.4, 0.5) is 0 Å². The van der Waals surface area contributed by atoms with Gasteiger partial charge in [0.1, 0.15) is 6.04 Å². The lowest BCUT2D eigenvalue weighted by molar-refractivity contribution is -0.134. The monoisotopic (exact) mass is 273 g/mol. The van der Waals surface area contributed by atoms with Gasteiger partial charge in [0.25, 0.3) is 0 Å². The Labute approximate surface area is 113 Å². The van der Waals surface area contributed by atoms with Crippen molar-refractivity contribution in [2.24, 2.45) is 11.1 Å². The summed E-state index contributed by atoms with van der Waals surface area (Å²) in [6.07, 6.45) is 0. The highest BCUT2D eigenvalue weighted by Gasteiger charge is 2.44. The number of nitrogens with two attached hydrogens (primary N) is 1. The molecule has 3 atom stereocenters. The van der Waals surface area contributed by atoms with Crippen LogP contribution < -0.4 is 16.4 Å². The van der Waals surface area contributed by atoms with Gasteiger partial charge in [-0.1, -0.05) is 0 Å². The lowest BCUT2D eigenvalue weighted by Gasteiger charge is -2.27. The van der Waals surface area contributed by atoms with Crippen LogP contribution in [0.25, 0.3) is 0 Å². The number of hydrogen-bond acceptors (Lipinski definition) is 5. The molecule has 0 aromatic heterocycles. The van der Waals surface area contributed by atoms with Crippen molar-refractivity contribution in [3.63, 3.8) is 0 Å². The molecule has 1 fully saturated rings. The Bertz CT molecular complexity index is 337. The summed E-state index contributed by atoms with van der Waals surface area (Å²) in [5.74, 6) is -0.506. The highest BCUT2D eigenvalue weighted by molar-refractivity contribution is 5.90. The van der Waals surface area contributed by atoms with Gasteiger partial charge in [-0.05, 0) is 13.8 Å². The van der Waals surface area contributed by atoms with E-state index in [0.717, 1.165) is 0 Å². The summed E-state index contributed by atoms with van der Waals surface area (Å²) in [6, 6.07) is -0.967. The SMILES string of the molecule is COCCNC(=O)C(C)NC(=O)C1(C)COCC1N. The molecule has 1 rings (SSSR count). The van der Waals surface area contributed by atoms with Crippen molar-refractivity contribution < 1.29 is 19.1 Å². The van der Waals surface area contributed by atoms with Gasteiger partial charge in [0.2, 0.25) is 11.8 Å². The Morgan fingerprint density at radius 2 is 2.26 bits per heavy atom. The van der Waals surface area contributed by atoms with Crippen LogP contribution in [-0.2, 0) is 19.1 Å². The van der Waals surface area contributed by atoms with Gasteiger partial charge >= 0.3 is 0 Å². The summed E-state index contributed by atoms with van der Waals surface area (Å²) < 4.78 is 10.0. The van der Waals surface area contributed by atoms with E-state index in [4.69, 9.17) is 15.2 Å². The molecule has 19 heavy (non-hydrogen) atoms. The minimum Gasteiger partial charge on any atom is -0.383 e. The normalized spacial score (nSPS) is 27.9. The van der Waals surface area contributed by atoms with Gasteiger partial charge < -0.3 is 25.8 Å². The van der Waals surface area contributed by atoms with Crippen LogP contribution in [-0.4, -0.2) is 57.4 Å². The molecule has 0 saturated carbocycles. The molecule has 3 unspecified atom stereocenters. The van der Waals surface area contributed by atoms with E-state index in [-0.39, 0.29) is 24.5 Å². The first-order valence-corrected chi connectivity index (χ1v) is 6.32. The molecule has 1 aliphatic rings. The fourth-order valence-electron chi connectivity index (χ4n) is 1.78. The van der Waals surface area contributed by atoms with E-state index in [1.165, 1.54) is 0 Å². The minimum atomic E-state index is -0.777. The zero-order valence-corrected chi connectivity index (χ0v) is 11.7. The van der Waals surface area contributed by atoms with E-state index < -0.39 is 11.5 Å². The number of rotatable bonds is 6. The van der Waals surface area contributed by atoms with Crippen LogP contribution in [0.2, 0.25) is 0 Å². The molecule has 4 N–H and O–H groups in total. The summed E-state index contributed by atoms with van der Waals surface area (Å²) in [5, 5.41) is 5.33. The molecule has 0 spiro atoms. The molecule has 7 nitrogen and oxygen atoms in total. The van der Waals surface area contributed by atoms with Gasteiger partial charge in [0.05, 0.1) is 25.2 Å². The number of carbonyl (C=O) groups excluding carboxylic acids is 2. The quantitative estimate of drug-likeness (QED) is 0.517. The maximum atomic E-state index is 12.1. The van der Waals surface area contributed by atoms with Gasteiger partial charge in [-0.15, -0.1) is 0 Å². The summed E-state index contributed by atoms with van der Waals surface area (Å²) in [6.45, 7) is 4.86. The van der Waals surface area contributed by atoms with E-state index in [1.54, 1.807) is 21.0 Å². The molecule has 1 heterocycles. The minimum absolute atomic E-state index is 0.249. The Kier molecular flexibility index (Phi) is 5.71. The first kappa shape index (κ1) is 15.9. The van der Waals surface area contributed by atoms with E-state index in [9.17, 15) is 9.59 Å². The van der Waals surface area contributed by atoms with Gasteiger partial charge in [0.15, 0.2) is 0 Å². The van der Waals surface area contributed by atoms with Crippen molar-refractivity contribution in [3.8, 4) is 0 Å². The lowest BCUT2D eigenvalue weighted by atomic mass is 9.84. The van der Waals surface area contributed by atoms with E-state index in [1.807, 2.05) is 0 Å². The van der Waals surface area contributed by atoms with E-state index in [0.29, 0.717) is 19.8 Å². The van der Waals surface area contributed by atoms with Crippen LogP contribution in [0, 0.1) is 5.41 Å². The summed E-state index contributed by atoms with van der Waals surface area (Å²) >= 11 is 0. The summed E-state index contributed by atoms with van der Waals surface area (Å²) in [5.41, 5.74) is 5.08. The van der Waals surface area contributed by atoms with Crippen LogP contribution >= 0.6 is 0 Å². The predicted octanol–water partition coefficient (Wildman–Crippen LogP) is -1.38. The average Bonchev–Trinajstić information content (AvgIpc) is 2.71. The molecule has 0 radical (unpaired) electrons.